The first-order valence-electron chi connectivity index (χ1n) is 7.26. The predicted octanol–water partition coefficient (Wildman–Crippen LogP) is 3.76. The number of carbonyl (C=O) groups is 1. The van der Waals surface area contributed by atoms with Crippen LogP contribution < -0.4 is 0 Å². The highest BCUT2D eigenvalue weighted by molar-refractivity contribution is 5.96. The number of hydrogen-bond acceptors (Lipinski definition) is 3. The first kappa shape index (κ1) is 14.8. The van der Waals surface area contributed by atoms with Gasteiger partial charge in [0.1, 0.15) is 5.75 Å². The number of rotatable bonds is 3. The molecule has 3 rings (SSSR count). The summed E-state index contributed by atoms with van der Waals surface area (Å²) in [6.07, 6.45) is 5.41. The normalized spacial score (nSPS) is 11.0. The molecule has 0 saturated carbocycles. The molecule has 0 aliphatic heterocycles. The minimum atomic E-state index is -0.278. The number of aromatic nitrogens is 2. The van der Waals surface area contributed by atoms with Crippen molar-refractivity contribution in [2.45, 2.75) is 6.92 Å². The number of aryl methyl sites for hydroxylation is 1. The van der Waals surface area contributed by atoms with Crippen molar-refractivity contribution < 1.29 is 9.90 Å². The second-order valence-corrected chi connectivity index (χ2v) is 5.24. The minimum Gasteiger partial charge on any atom is -0.508 e. The van der Waals surface area contributed by atoms with Crippen molar-refractivity contribution in [3.05, 3.63) is 83.2 Å². The van der Waals surface area contributed by atoms with E-state index in [4.69, 9.17) is 0 Å². The second-order valence-electron chi connectivity index (χ2n) is 5.24. The standard InChI is InChI=1S/C19H16N2O2/c1-14-7-9-16(13-18(14)22)19(23)21-12-11-17(20-21)10-8-15-5-3-2-4-6-15/h2-13,22H,1H3/b10-8+. The fourth-order valence-electron chi connectivity index (χ4n) is 2.16. The maximum Gasteiger partial charge on any atom is 0.278 e. The van der Waals surface area contributed by atoms with Crippen molar-refractivity contribution in [3.63, 3.8) is 0 Å². The van der Waals surface area contributed by atoms with E-state index in [0.717, 1.165) is 11.1 Å². The van der Waals surface area contributed by atoms with Crippen LogP contribution in [0.2, 0.25) is 0 Å². The van der Waals surface area contributed by atoms with Gasteiger partial charge in [-0.05, 0) is 42.3 Å². The first-order valence-corrected chi connectivity index (χ1v) is 7.26. The second kappa shape index (κ2) is 6.32. The van der Waals surface area contributed by atoms with Crippen LogP contribution in [0.1, 0.15) is 27.2 Å². The smallest absolute Gasteiger partial charge is 0.278 e. The average Bonchev–Trinajstić information content (AvgIpc) is 3.05. The lowest BCUT2D eigenvalue weighted by atomic mass is 10.1. The number of nitrogens with zero attached hydrogens (tertiary/aromatic N) is 2. The molecule has 1 N–H and O–H groups in total. The highest BCUT2D eigenvalue weighted by Gasteiger charge is 2.11. The highest BCUT2D eigenvalue weighted by Crippen LogP contribution is 2.18. The molecular weight excluding hydrogens is 288 g/mol. The molecule has 4 heteroatoms. The van der Waals surface area contributed by atoms with E-state index in [1.165, 1.54) is 10.7 Å². The number of hydrogen-bond donors (Lipinski definition) is 1. The average molecular weight is 304 g/mol. The van der Waals surface area contributed by atoms with Crippen molar-refractivity contribution in [2.75, 3.05) is 0 Å². The lowest BCUT2D eigenvalue weighted by molar-refractivity contribution is 0.0944. The van der Waals surface area contributed by atoms with Crippen molar-refractivity contribution in [1.82, 2.24) is 9.78 Å². The van der Waals surface area contributed by atoms with Gasteiger partial charge in [0.05, 0.1) is 5.69 Å². The maximum absolute atomic E-state index is 12.4. The quantitative estimate of drug-likeness (QED) is 0.801. The van der Waals surface area contributed by atoms with E-state index in [0.29, 0.717) is 11.3 Å². The molecule has 0 aliphatic carbocycles. The molecule has 4 nitrogen and oxygen atoms in total. The van der Waals surface area contributed by atoms with Gasteiger partial charge in [-0.15, -0.1) is 0 Å². The van der Waals surface area contributed by atoms with E-state index in [-0.39, 0.29) is 11.7 Å². The van der Waals surface area contributed by atoms with Gasteiger partial charge in [0.2, 0.25) is 0 Å². The van der Waals surface area contributed by atoms with Gasteiger partial charge in [-0.25, -0.2) is 4.68 Å². The summed E-state index contributed by atoms with van der Waals surface area (Å²) in [6, 6.07) is 16.5. The number of aromatic hydroxyl groups is 1. The molecule has 1 aromatic heterocycles. The van der Waals surface area contributed by atoms with Crippen LogP contribution in [0.4, 0.5) is 0 Å². The third kappa shape index (κ3) is 3.37. The van der Waals surface area contributed by atoms with Gasteiger partial charge in [-0.3, -0.25) is 4.79 Å². The molecule has 0 bridgehead atoms. The summed E-state index contributed by atoms with van der Waals surface area (Å²) in [5.41, 5.74) is 2.89. The Labute approximate surface area is 134 Å². The van der Waals surface area contributed by atoms with Crippen LogP contribution in [0, 0.1) is 6.92 Å². The molecule has 2 aromatic carbocycles. The Kier molecular flexibility index (Phi) is 4.06. The maximum atomic E-state index is 12.4. The topological polar surface area (TPSA) is 55.1 Å². The molecule has 3 aromatic rings. The lowest BCUT2D eigenvalue weighted by Crippen LogP contribution is -2.12. The third-order valence-corrected chi connectivity index (χ3v) is 3.52. The molecule has 114 valence electrons. The molecule has 0 saturated heterocycles. The summed E-state index contributed by atoms with van der Waals surface area (Å²) in [6.45, 7) is 1.78. The molecule has 23 heavy (non-hydrogen) atoms. The summed E-state index contributed by atoms with van der Waals surface area (Å²) >= 11 is 0. The van der Waals surface area contributed by atoms with E-state index in [9.17, 15) is 9.90 Å². The number of carbonyl (C=O) groups excluding carboxylic acids is 1. The van der Waals surface area contributed by atoms with Gasteiger partial charge < -0.3 is 5.11 Å². The van der Waals surface area contributed by atoms with Gasteiger partial charge in [0, 0.05) is 11.8 Å². The van der Waals surface area contributed by atoms with Crippen molar-refractivity contribution in [3.8, 4) is 5.75 Å². The van der Waals surface area contributed by atoms with E-state index in [1.54, 1.807) is 31.3 Å². The van der Waals surface area contributed by atoms with Gasteiger partial charge in [-0.1, -0.05) is 42.5 Å². The lowest BCUT2D eigenvalue weighted by Gasteiger charge is -2.03. The van der Waals surface area contributed by atoms with Gasteiger partial charge in [0.15, 0.2) is 0 Å². The predicted molar refractivity (Wildman–Crippen MR) is 90.2 cm³/mol. The Bertz CT molecular complexity index is 864. The zero-order valence-corrected chi connectivity index (χ0v) is 12.7. The molecular formula is C19H16N2O2. The fourth-order valence-corrected chi connectivity index (χ4v) is 2.16. The van der Waals surface area contributed by atoms with E-state index >= 15 is 0 Å². The summed E-state index contributed by atoms with van der Waals surface area (Å²) in [5.74, 6) is -0.174. The Hall–Kier alpha value is -3.14. The fraction of sp³-hybridized carbons (Fsp3) is 0.0526. The van der Waals surface area contributed by atoms with E-state index in [2.05, 4.69) is 5.10 Å². The molecule has 0 atom stereocenters. The first-order chi connectivity index (χ1) is 11.1. The van der Waals surface area contributed by atoms with Gasteiger partial charge in [-0.2, -0.15) is 5.10 Å². The summed E-state index contributed by atoms with van der Waals surface area (Å²) < 4.78 is 1.27. The van der Waals surface area contributed by atoms with Crippen molar-refractivity contribution >= 4 is 18.1 Å². The molecule has 0 aliphatic rings. The Morgan fingerprint density at radius 1 is 1.09 bits per heavy atom. The zero-order chi connectivity index (χ0) is 16.2. The molecule has 0 spiro atoms. The Morgan fingerprint density at radius 2 is 1.87 bits per heavy atom. The monoisotopic (exact) mass is 304 g/mol. The number of benzene rings is 2. The SMILES string of the molecule is Cc1ccc(C(=O)n2ccc(/C=C/c3ccccc3)n2)cc1O. The van der Waals surface area contributed by atoms with Crippen LogP contribution in [0.15, 0.2) is 60.8 Å². The van der Waals surface area contributed by atoms with Crippen molar-refractivity contribution in [2.24, 2.45) is 0 Å². The van der Waals surface area contributed by atoms with Crippen LogP contribution in [0.5, 0.6) is 5.75 Å². The third-order valence-electron chi connectivity index (χ3n) is 3.52. The van der Waals surface area contributed by atoms with Gasteiger partial charge in [0.25, 0.3) is 5.91 Å². The number of phenolic OH excluding ortho intramolecular Hbond substituents is 1. The van der Waals surface area contributed by atoms with Crippen LogP contribution in [-0.4, -0.2) is 20.8 Å². The largest absolute Gasteiger partial charge is 0.508 e. The van der Waals surface area contributed by atoms with Crippen LogP contribution in [-0.2, 0) is 0 Å². The van der Waals surface area contributed by atoms with Gasteiger partial charge >= 0.3 is 0 Å². The Balaban J connectivity index is 1.80. The molecule has 0 radical (unpaired) electrons. The van der Waals surface area contributed by atoms with Crippen molar-refractivity contribution in [1.29, 1.82) is 0 Å². The Morgan fingerprint density at radius 3 is 2.61 bits per heavy atom. The van der Waals surface area contributed by atoms with Crippen LogP contribution in [0.25, 0.3) is 12.2 Å². The molecule has 0 unspecified atom stereocenters. The molecule has 1 heterocycles. The molecule has 0 fully saturated rings. The summed E-state index contributed by atoms with van der Waals surface area (Å²) in [4.78, 5) is 12.4. The van der Waals surface area contributed by atoms with Crippen LogP contribution in [0.3, 0.4) is 0 Å². The minimum absolute atomic E-state index is 0.104. The highest BCUT2D eigenvalue weighted by atomic mass is 16.3. The summed E-state index contributed by atoms with van der Waals surface area (Å²) in [7, 11) is 0. The van der Waals surface area contributed by atoms with E-state index < -0.39 is 0 Å². The zero-order valence-electron chi connectivity index (χ0n) is 12.7. The summed E-state index contributed by atoms with van der Waals surface area (Å²) in [5, 5.41) is 14.0. The van der Waals surface area contributed by atoms with E-state index in [1.807, 2.05) is 42.5 Å². The number of phenols is 1. The van der Waals surface area contributed by atoms with Crippen LogP contribution >= 0.6 is 0 Å². The molecule has 0 amide bonds.